The van der Waals surface area contributed by atoms with Crippen LogP contribution in [0.3, 0.4) is 0 Å². The van der Waals surface area contributed by atoms with Crippen LogP contribution in [-0.2, 0) is 13.1 Å². The zero-order valence-electron chi connectivity index (χ0n) is 17.0. The van der Waals surface area contributed by atoms with Gasteiger partial charge in [-0.1, -0.05) is 6.07 Å². The third kappa shape index (κ3) is 3.06. The van der Waals surface area contributed by atoms with Gasteiger partial charge in [0.05, 0.1) is 23.6 Å². The first-order valence-corrected chi connectivity index (χ1v) is 10.4. The molecule has 1 aliphatic rings. The lowest BCUT2D eigenvalue weighted by molar-refractivity contribution is 0.316. The lowest BCUT2D eigenvalue weighted by Crippen LogP contribution is -2.24. The van der Waals surface area contributed by atoms with Gasteiger partial charge in [-0.2, -0.15) is 10.2 Å². The maximum Gasteiger partial charge on any atom is 0.262 e. The predicted molar refractivity (Wildman–Crippen MR) is 115 cm³/mol. The smallest absolute Gasteiger partial charge is 0.262 e. The number of pyridine rings is 1. The van der Waals surface area contributed by atoms with E-state index in [1.165, 1.54) is 25.9 Å². The van der Waals surface area contributed by atoms with Crippen molar-refractivity contribution < 1.29 is 0 Å². The molecule has 0 amide bonds. The van der Waals surface area contributed by atoms with E-state index in [9.17, 15) is 4.79 Å². The van der Waals surface area contributed by atoms with Gasteiger partial charge in [-0.05, 0) is 57.5 Å². The summed E-state index contributed by atoms with van der Waals surface area (Å²) in [6.45, 7) is 8.90. The number of hydrogen-bond donors (Lipinski definition) is 1. The SMILES string of the molecule is CCn1c(=O)c2c(C)[nH]nc2c2cc(-c3cnn(CCN4CCCC4)c3)ccc21. The molecule has 4 aromatic rings. The molecule has 0 unspecified atom stereocenters. The van der Waals surface area contributed by atoms with Gasteiger partial charge in [-0.15, -0.1) is 0 Å². The Morgan fingerprint density at radius 2 is 1.97 bits per heavy atom. The van der Waals surface area contributed by atoms with Gasteiger partial charge < -0.3 is 9.47 Å². The van der Waals surface area contributed by atoms with Crippen LogP contribution in [0.1, 0.15) is 25.5 Å². The summed E-state index contributed by atoms with van der Waals surface area (Å²) in [6, 6.07) is 6.23. The molecule has 1 saturated heterocycles. The molecule has 5 rings (SSSR count). The van der Waals surface area contributed by atoms with Crippen LogP contribution in [-0.4, -0.2) is 49.1 Å². The Kier molecular flexibility index (Phi) is 4.47. The molecule has 0 spiro atoms. The number of nitrogens with one attached hydrogen (secondary N) is 1. The summed E-state index contributed by atoms with van der Waals surface area (Å²) in [6.07, 6.45) is 6.66. The molecule has 0 aliphatic carbocycles. The van der Waals surface area contributed by atoms with Gasteiger partial charge in [0.2, 0.25) is 0 Å². The maximum absolute atomic E-state index is 12.9. The van der Waals surface area contributed by atoms with Gasteiger partial charge >= 0.3 is 0 Å². The monoisotopic (exact) mass is 390 g/mol. The standard InChI is InChI=1S/C22H26N6O/c1-3-28-19-7-6-16(12-18(19)21-20(22(28)29)15(2)24-25-21)17-13-23-27(14-17)11-10-26-8-4-5-9-26/h6-7,12-14H,3-5,8-11H2,1-2H3,(H,24,25). The van der Waals surface area contributed by atoms with Crippen LogP contribution in [0, 0.1) is 6.92 Å². The van der Waals surface area contributed by atoms with E-state index in [4.69, 9.17) is 0 Å². The maximum atomic E-state index is 12.9. The summed E-state index contributed by atoms with van der Waals surface area (Å²) in [7, 11) is 0. The minimum atomic E-state index is 0.0173. The van der Waals surface area contributed by atoms with Crippen LogP contribution < -0.4 is 5.56 Å². The summed E-state index contributed by atoms with van der Waals surface area (Å²) < 4.78 is 3.85. The van der Waals surface area contributed by atoms with E-state index < -0.39 is 0 Å². The number of fused-ring (bicyclic) bond motifs is 3. The minimum Gasteiger partial charge on any atom is -0.308 e. The van der Waals surface area contributed by atoms with Gasteiger partial charge in [0.15, 0.2) is 0 Å². The van der Waals surface area contributed by atoms with Crippen molar-refractivity contribution in [3.63, 3.8) is 0 Å². The molecule has 0 radical (unpaired) electrons. The molecule has 0 atom stereocenters. The Morgan fingerprint density at radius 3 is 2.76 bits per heavy atom. The highest BCUT2D eigenvalue weighted by molar-refractivity contribution is 6.05. The van der Waals surface area contributed by atoms with E-state index in [1.54, 1.807) is 0 Å². The van der Waals surface area contributed by atoms with Crippen molar-refractivity contribution in [1.29, 1.82) is 0 Å². The molecule has 7 heteroatoms. The number of rotatable bonds is 5. The Hall–Kier alpha value is -2.93. The van der Waals surface area contributed by atoms with E-state index in [0.717, 1.165) is 46.3 Å². The summed E-state index contributed by atoms with van der Waals surface area (Å²) in [5, 5.41) is 13.6. The van der Waals surface area contributed by atoms with Crippen LogP contribution in [0.4, 0.5) is 0 Å². The van der Waals surface area contributed by atoms with Gasteiger partial charge in [0.1, 0.15) is 5.52 Å². The first kappa shape index (κ1) is 18.1. The molecule has 0 saturated carbocycles. The molecule has 150 valence electrons. The molecule has 1 aliphatic heterocycles. The Morgan fingerprint density at radius 1 is 1.14 bits per heavy atom. The number of hydrogen-bond acceptors (Lipinski definition) is 4. The number of H-pyrrole nitrogens is 1. The largest absolute Gasteiger partial charge is 0.308 e. The average molecular weight is 390 g/mol. The van der Waals surface area contributed by atoms with E-state index >= 15 is 0 Å². The molecular weight excluding hydrogens is 364 g/mol. The van der Waals surface area contributed by atoms with Crippen LogP contribution in [0.5, 0.6) is 0 Å². The second kappa shape index (κ2) is 7.15. The third-order valence-electron chi connectivity index (χ3n) is 6.08. The number of aromatic nitrogens is 5. The average Bonchev–Trinajstić information content (AvgIpc) is 3.48. The highest BCUT2D eigenvalue weighted by atomic mass is 16.1. The quantitative estimate of drug-likeness (QED) is 0.568. The van der Waals surface area contributed by atoms with Crippen LogP contribution >= 0.6 is 0 Å². The summed E-state index contributed by atoms with van der Waals surface area (Å²) in [5.74, 6) is 0. The Labute approximate surface area is 168 Å². The zero-order chi connectivity index (χ0) is 20.0. The second-order valence-electron chi connectivity index (χ2n) is 7.89. The van der Waals surface area contributed by atoms with E-state index in [2.05, 4.69) is 38.5 Å². The van der Waals surface area contributed by atoms with E-state index in [-0.39, 0.29) is 5.56 Å². The van der Waals surface area contributed by atoms with Gasteiger partial charge in [0, 0.05) is 35.9 Å². The molecule has 1 N–H and O–H groups in total. The Balaban J connectivity index is 1.54. The molecule has 1 aromatic carbocycles. The van der Waals surface area contributed by atoms with Gasteiger partial charge in [0.25, 0.3) is 5.56 Å². The normalized spacial score (nSPS) is 15.1. The topological polar surface area (TPSA) is 71.7 Å². The predicted octanol–water partition coefficient (Wildman–Crippen LogP) is 3.17. The molecule has 29 heavy (non-hydrogen) atoms. The lowest BCUT2D eigenvalue weighted by atomic mass is 10.0. The third-order valence-corrected chi connectivity index (χ3v) is 6.08. The van der Waals surface area contributed by atoms with Crippen LogP contribution in [0.15, 0.2) is 35.4 Å². The van der Waals surface area contributed by atoms with Crippen molar-refractivity contribution in [3.05, 3.63) is 46.6 Å². The summed E-state index contributed by atoms with van der Waals surface area (Å²) in [5.41, 5.74) is 4.67. The highest BCUT2D eigenvalue weighted by Crippen LogP contribution is 2.28. The Bertz CT molecular complexity index is 1240. The number of nitrogens with zero attached hydrogens (tertiary/aromatic N) is 5. The molecule has 1 fully saturated rings. The van der Waals surface area contributed by atoms with Crippen LogP contribution in [0.2, 0.25) is 0 Å². The molecule has 4 heterocycles. The summed E-state index contributed by atoms with van der Waals surface area (Å²) in [4.78, 5) is 15.4. The number of likely N-dealkylation sites (tertiary alicyclic amines) is 1. The van der Waals surface area contributed by atoms with E-state index in [1.807, 2.05) is 35.4 Å². The zero-order valence-corrected chi connectivity index (χ0v) is 17.0. The first-order chi connectivity index (χ1) is 14.2. The molecule has 3 aromatic heterocycles. The molecule has 7 nitrogen and oxygen atoms in total. The minimum absolute atomic E-state index is 0.0173. The fourth-order valence-corrected chi connectivity index (χ4v) is 4.47. The number of aromatic amines is 1. The van der Waals surface area contributed by atoms with Gasteiger partial charge in [-0.25, -0.2) is 0 Å². The fourth-order valence-electron chi connectivity index (χ4n) is 4.47. The van der Waals surface area contributed by atoms with Crippen molar-refractivity contribution in [3.8, 4) is 11.1 Å². The van der Waals surface area contributed by atoms with Crippen molar-refractivity contribution in [2.24, 2.45) is 0 Å². The van der Waals surface area contributed by atoms with Crippen molar-refractivity contribution in [2.75, 3.05) is 19.6 Å². The van der Waals surface area contributed by atoms with E-state index in [0.29, 0.717) is 11.9 Å². The van der Waals surface area contributed by atoms with Crippen LogP contribution in [0.25, 0.3) is 32.9 Å². The van der Waals surface area contributed by atoms with Crippen molar-refractivity contribution >= 4 is 21.8 Å². The highest BCUT2D eigenvalue weighted by Gasteiger charge is 2.16. The summed E-state index contributed by atoms with van der Waals surface area (Å²) >= 11 is 0. The second-order valence-corrected chi connectivity index (χ2v) is 7.89. The van der Waals surface area contributed by atoms with Crippen molar-refractivity contribution in [2.45, 2.75) is 39.8 Å². The molecule has 0 bridgehead atoms. The fraction of sp³-hybridized carbons (Fsp3) is 0.409. The first-order valence-electron chi connectivity index (χ1n) is 10.4. The van der Waals surface area contributed by atoms with Crippen molar-refractivity contribution in [1.82, 2.24) is 29.4 Å². The molecular formula is C22H26N6O. The number of benzene rings is 1. The van der Waals surface area contributed by atoms with Gasteiger partial charge in [-0.3, -0.25) is 14.6 Å². The number of aryl methyl sites for hydroxylation is 2. The lowest BCUT2D eigenvalue weighted by Gasteiger charge is -2.13.